The largest absolute Gasteiger partial charge is 0.478 e. The van der Waals surface area contributed by atoms with Gasteiger partial charge in [0.05, 0.1) is 19.1 Å². The van der Waals surface area contributed by atoms with Crippen LogP contribution in [0, 0.1) is 0 Å². The highest BCUT2D eigenvalue weighted by atomic mass is 16.5. The summed E-state index contributed by atoms with van der Waals surface area (Å²) < 4.78 is 4.23. The SMILES string of the molecule is COC(=O)CC(C(=O)O)=C(C)C(=O)O. The van der Waals surface area contributed by atoms with Crippen LogP contribution in [0.4, 0.5) is 0 Å². The summed E-state index contributed by atoms with van der Waals surface area (Å²) in [4.78, 5) is 31.8. The van der Waals surface area contributed by atoms with E-state index in [0.29, 0.717) is 0 Å². The van der Waals surface area contributed by atoms with E-state index in [1.54, 1.807) is 0 Å². The molecule has 0 amide bonds. The van der Waals surface area contributed by atoms with Gasteiger partial charge in [-0.25, -0.2) is 9.59 Å². The number of rotatable bonds is 4. The smallest absolute Gasteiger partial charge is 0.332 e. The molecule has 0 saturated heterocycles. The Labute approximate surface area is 79.8 Å². The first-order chi connectivity index (χ1) is 6.40. The number of carboxylic acids is 2. The number of hydrogen-bond acceptors (Lipinski definition) is 4. The van der Waals surface area contributed by atoms with E-state index in [1.807, 2.05) is 0 Å². The topological polar surface area (TPSA) is 101 Å². The molecule has 0 unspecified atom stereocenters. The highest BCUT2D eigenvalue weighted by molar-refractivity contribution is 6.01. The Balaban J connectivity index is 4.96. The Bertz CT molecular complexity index is 301. The third-order valence-electron chi connectivity index (χ3n) is 1.58. The molecule has 0 rings (SSSR count). The first-order valence-electron chi connectivity index (χ1n) is 3.63. The predicted octanol–water partition coefficient (Wildman–Crippen LogP) is 0.0352. The van der Waals surface area contributed by atoms with Crippen molar-refractivity contribution in [3.63, 3.8) is 0 Å². The first kappa shape index (κ1) is 12.2. The van der Waals surface area contributed by atoms with Gasteiger partial charge in [0, 0.05) is 5.57 Å². The summed E-state index contributed by atoms with van der Waals surface area (Å²) in [6, 6.07) is 0. The van der Waals surface area contributed by atoms with Crippen molar-refractivity contribution in [2.24, 2.45) is 0 Å². The Kier molecular flexibility index (Phi) is 4.34. The van der Waals surface area contributed by atoms with Crippen molar-refractivity contribution >= 4 is 17.9 Å². The summed E-state index contributed by atoms with van der Waals surface area (Å²) >= 11 is 0. The van der Waals surface area contributed by atoms with E-state index < -0.39 is 29.9 Å². The maximum atomic E-state index is 10.7. The van der Waals surface area contributed by atoms with Crippen LogP contribution in [0.15, 0.2) is 11.1 Å². The lowest BCUT2D eigenvalue weighted by atomic mass is 10.1. The van der Waals surface area contributed by atoms with Crippen LogP contribution in [0.5, 0.6) is 0 Å². The monoisotopic (exact) mass is 202 g/mol. The Morgan fingerprint density at radius 1 is 1.14 bits per heavy atom. The molecule has 0 aromatic carbocycles. The van der Waals surface area contributed by atoms with Crippen molar-refractivity contribution < 1.29 is 29.3 Å². The molecule has 0 aliphatic carbocycles. The molecule has 0 aromatic heterocycles. The van der Waals surface area contributed by atoms with E-state index in [4.69, 9.17) is 10.2 Å². The van der Waals surface area contributed by atoms with Crippen molar-refractivity contribution in [2.75, 3.05) is 7.11 Å². The molecule has 0 fully saturated rings. The summed E-state index contributed by atoms with van der Waals surface area (Å²) in [5.74, 6) is -3.59. The highest BCUT2D eigenvalue weighted by Crippen LogP contribution is 2.10. The van der Waals surface area contributed by atoms with Gasteiger partial charge in [0.25, 0.3) is 0 Å². The van der Waals surface area contributed by atoms with Crippen molar-refractivity contribution in [2.45, 2.75) is 13.3 Å². The molecule has 6 nitrogen and oxygen atoms in total. The molecule has 0 heterocycles. The second-order valence-corrected chi connectivity index (χ2v) is 2.47. The zero-order valence-corrected chi connectivity index (χ0v) is 7.73. The van der Waals surface area contributed by atoms with Crippen LogP contribution >= 0.6 is 0 Å². The van der Waals surface area contributed by atoms with E-state index >= 15 is 0 Å². The minimum absolute atomic E-state index is 0.372. The van der Waals surface area contributed by atoms with E-state index in [-0.39, 0.29) is 5.57 Å². The van der Waals surface area contributed by atoms with Gasteiger partial charge in [-0.15, -0.1) is 0 Å². The average molecular weight is 202 g/mol. The van der Waals surface area contributed by atoms with Crippen LogP contribution in [-0.2, 0) is 19.1 Å². The fourth-order valence-electron chi connectivity index (χ4n) is 0.714. The van der Waals surface area contributed by atoms with E-state index in [0.717, 1.165) is 14.0 Å². The molecular weight excluding hydrogens is 192 g/mol. The van der Waals surface area contributed by atoms with Gasteiger partial charge >= 0.3 is 17.9 Å². The second kappa shape index (κ2) is 5.00. The maximum absolute atomic E-state index is 10.7. The maximum Gasteiger partial charge on any atom is 0.332 e. The van der Waals surface area contributed by atoms with Gasteiger partial charge in [-0.1, -0.05) is 0 Å². The lowest BCUT2D eigenvalue weighted by molar-refractivity contribution is -0.142. The quantitative estimate of drug-likeness (QED) is 0.492. The van der Waals surface area contributed by atoms with Gasteiger partial charge in [-0.2, -0.15) is 0 Å². The number of aliphatic carboxylic acids is 2. The van der Waals surface area contributed by atoms with Crippen LogP contribution in [0.3, 0.4) is 0 Å². The molecule has 0 aromatic rings. The minimum atomic E-state index is -1.43. The van der Waals surface area contributed by atoms with Crippen molar-refractivity contribution in [1.29, 1.82) is 0 Å². The van der Waals surface area contributed by atoms with Crippen LogP contribution in [0.25, 0.3) is 0 Å². The van der Waals surface area contributed by atoms with E-state index in [9.17, 15) is 14.4 Å². The van der Waals surface area contributed by atoms with Gasteiger partial charge in [-0.05, 0) is 6.92 Å². The molecule has 2 N–H and O–H groups in total. The Morgan fingerprint density at radius 3 is 1.93 bits per heavy atom. The number of ether oxygens (including phenoxy) is 1. The number of carbonyl (C=O) groups is 3. The van der Waals surface area contributed by atoms with Gasteiger partial charge in [0.15, 0.2) is 0 Å². The zero-order valence-electron chi connectivity index (χ0n) is 7.73. The van der Waals surface area contributed by atoms with Gasteiger partial charge < -0.3 is 14.9 Å². The summed E-state index contributed by atoms with van der Waals surface area (Å²) in [5.41, 5.74) is -0.841. The lowest BCUT2D eigenvalue weighted by Gasteiger charge is -2.03. The summed E-state index contributed by atoms with van der Waals surface area (Å²) in [7, 11) is 1.10. The number of hydrogen-bond donors (Lipinski definition) is 2. The zero-order chi connectivity index (χ0) is 11.3. The molecule has 0 aliphatic rings. The van der Waals surface area contributed by atoms with Gasteiger partial charge in [-0.3, -0.25) is 4.79 Å². The molecule has 6 heteroatoms. The molecule has 78 valence electrons. The van der Waals surface area contributed by atoms with Crippen LogP contribution in [0.2, 0.25) is 0 Å². The Hall–Kier alpha value is -1.85. The summed E-state index contributed by atoms with van der Waals surface area (Å²) in [6.45, 7) is 1.12. The molecule has 0 bridgehead atoms. The van der Waals surface area contributed by atoms with Crippen LogP contribution in [-0.4, -0.2) is 35.2 Å². The fourth-order valence-corrected chi connectivity index (χ4v) is 0.714. The van der Waals surface area contributed by atoms with E-state index in [1.165, 1.54) is 0 Å². The number of methoxy groups -OCH3 is 1. The van der Waals surface area contributed by atoms with Gasteiger partial charge in [0.2, 0.25) is 0 Å². The molecular formula is C8H10O6. The third kappa shape index (κ3) is 3.26. The number of carbonyl (C=O) groups excluding carboxylic acids is 1. The van der Waals surface area contributed by atoms with Crippen molar-refractivity contribution in [3.8, 4) is 0 Å². The van der Waals surface area contributed by atoms with Gasteiger partial charge in [0.1, 0.15) is 0 Å². The lowest BCUT2D eigenvalue weighted by Crippen LogP contribution is -2.14. The average Bonchev–Trinajstić information content (AvgIpc) is 2.11. The summed E-state index contributed by atoms with van der Waals surface area (Å²) in [6.07, 6.45) is -0.552. The van der Waals surface area contributed by atoms with Crippen LogP contribution < -0.4 is 0 Å². The van der Waals surface area contributed by atoms with Crippen LogP contribution in [0.1, 0.15) is 13.3 Å². The molecule has 0 spiro atoms. The fraction of sp³-hybridized carbons (Fsp3) is 0.375. The first-order valence-corrected chi connectivity index (χ1v) is 3.63. The van der Waals surface area contributed by atoms with Crippen molar-refractivity contribution in [1.82, 2.24) is 0 Å². The Morgan fingerprint density at radius 2 is 1.64 bits per heavy atom. The predicted molar refractivity (Wildman–Crippen MR) is 44.6 cm³/mol. The van der Waals surface area contributed by atoms with Crippen molar-refractivity contribution in [3.05, 3.63) is 11.1 Å². The van der Waals surface area contributed by atoms with E-state index in [2.05, 4.69) is 4.74 Å². The normalized spacial score (nSPS) is 11.6. The molecule has 0 atom stereocenters. The minimum Gasteiger partial charge on any atom is -0.478 e. The third-order valence-corrected chi connectivity index (χ3v) is 1.58. The second-order valence-electron chi connectivity index (χ2n) is 2.47. The number of carboxylic acid groups (broad SMARTS) is 2. The summed E-state index contributed by atoms with van der Waals surface area (Å²) in [5, 5.41) is 17.1. The molecule has 0 saturated carbocycles. The standard InChI is InChI=1S/C8H10O6/c1-4(7(10)11)5(8(12)13)3-6(9)14-2/h3H2,1-2H3,(H,10,11)(H,12,13). The number of esters is 1. The molecule has 14 heavy (non-hydrogen) atoms. The molecule has 0 aliphatic heterocycles. The highest BCUT2D eigenvalue weighted by Gasteiger charge is 2.19. The molecule has 0 radical (unpaired) electrons.